The third-order valence-electron chi connectivity index (χ3n) is 2.61. The summed E-state index contributed by atoms with van der Waals surface area (Å²) in [5.41, 5.74) is 1.11. The number of rotatable bonds is 8. The van der Waals surface area contributed by atoms with Gasteiger partial charge in [-0.15, -0.1) is 0 Å². The van der Waals surface area contributed by atoms with E-state index in [1.54, 1.807) is 12.4 Å². The number of nitrogens with zero attached hydrogens (tertiary/aromatic N) is 3. The van der Waals surface area contributed by atoms with E-state index in [9.17, 15) is 0 Å². The van der Waals surface area contributed by atoms with Crippen molar-refractivity contribution in [1.82, 2.24) is 19.7 Å². The van der Waals surface area contributed by atoms with Crippen LogP contribution in [-0.4, -0.2) is 33.0 Å². The van der Waals surface area contributed by atoms with Crippen LogP contribution in [0.4, 0.5) is 5.95 Å². The van der Waals surface area contributed by atoms with Crippen LogP contribution < -0.4 is 5.32 Å². The molecule has 6 nitrogen and oxygen atoms in total. The lowest BCUT2D eigenvalue weighted by atomic mass is 10.4. The maximum absolute atomic E-state index is 5.32. The summed E-state index contributed by atoms with van der Waals surface area (Å²) in [5, 5.41) is 9.98. The molecule has 2 rings (SSSR count). The molecule has 0 spiro atoms. The van der Waals surface area contributed by atoms with Crippen LogP contribution in [0, 0.1) is 0 Å². The first-order chi connectivity index (χ1) is 8.90. The minimum atomic E-state index is 0.721. The standard InChI is InChI=1S/C12H19N5O/c1-2-18-7-3-5-17-6-4-13-12(17)14-8-11-9-15-16-10-11/h4,6,9-10H,2-3,5,7-8H2,1H3,(H,13,14)(H,15,16). The predicted octanol–water partition coefficient (Wildman–Crippen LogP) is 1.64. The summed E-state index contributed by atoms with van der Waals surface area (Å²) in [4.78, 5) is 4.29. The molecular weight excluding hydrogens is 230 g/mol. The molecule has 2 aromatic heterocycles. The van der Waals surface area contributed by atoms with Crippen LogP contribution in [0.5, 0.6) is 0 Å². The van der Waals surface area contributed by atoms with Crippen molar-refractivity contribution in [2.24, 2.45) is 0 Å². The first-order valence-electron chi connectivity index (χ1n) is 6.20. The first-order valence-corrected chi connectivity index (χ1v) is 6.20. The number of aryl methyl sites for hydroxylation is 1. The molecule has 0 aromatic carbocycles. The molecule has 0 saturated heterocycles. The number of imidazole rings is 1. The topological polar surface area (TPSA) is 67.8 Å². The van der Waals surface area contributed by atoms with Gasteiger partial charge in [-0.25, -0.2) is 4.98 Å². The van der Waals surface area contributed by atoms with Gasteiger partial charge in [0.25, 0.3) is 0 Å². The lowest BCUT2D eigenvalue weighted by molar-refractivity contribution is 0.142. The van der Waals surface area contributed by atoms with Crippen molar-refractivity contribution in [3.8, 4) is 0 Å². The second kappa shape index (κ2) is 6.80. The van der Waals surface area contributed by atoms with E-state index < -0.39 is 0 Å². The van der Waals surface area contributed by atoms with E-state index in [0.29, 0.717) is 0 Å². The summed E-state index contributed by atoms with van der Waals surface area (Å²) in [6.45, 7) is 5.20. The molecule has 0 atom stereocenters. The Morgan fingerprint density at radius 1 is 1.50 bits per heavy atom. The van der Waals surface area contributed by atoms with Crippen molar-refractivity contribution in [2.75, 3.05) is 18.5 Å². The molecule has 0 radical (unpaired) electrons. The highest BCUT2D eigenvalue weighted by Gasteiger charge is 2.02. The van der Waals surface area contributed by atoms with Gasteiger partial charge in [-0.1, -0.05) is 0 Å². The number of nitrogens with one attached hydrogen (secondary N) is 2. The van der Waals surface area contributed by atoms with Crippen LogP contribution in [0.25, 0.3) is 0 Å². The quantitative estimate of drug-likeness (QED) is 0.698. The normalized spacial score (nSPS) is 10.7. The van der Waals surface area contributed by atoms with Gasteiger partial charge in [-0.3, -0.25) is 5.10 Å². The maximum Gasteiger partial charge on any atom is 0.203 e. The molecule has 2 aromatic rings. The van der Waals surface area contributed by atoms with Crippen LogP contribution in [0.15, 0.2) is 24.8 Å². The van der Waals surface area contributed by atoms with E-state index >= 15 is 0 Å². The van der Waals surface area contributed by atoms with Gasteiger partial charge in [0.2, 0.25) is 5.95 Å². The Hall–Kier alpha value is -1.82. The lowest BCUT2D eigenvalue weighted by Crippen LogP contribution is -2.08. The molecule has 2 heterocycles. The minimum absolute atomic E-state index is 0.721. The summed E-state index contributed by atoms with van der Waals surface area (Å²) < 4.78 is 7.42. The summed E-state index contributed by atoms with van der Waals surface area (Å²) in [6.07, 6.45) is 8.44. The van der Waals surface area contributed by atoms with Crippen molar-refractivity contribution in [1.29, 1.82) is 0 Å². The fraction of sp³-hybridized carbons (Fsp3) is 0.500. The Morgan fingerprint density at radius 3 is 3.22 bits per heavy atom. The van der Waals surface area contributed by atoms with Gasteiger partial charge in [0.1, 0.15) is 0 Å². The van der Waals surface area contributed by atoms with Crippen LogP contribution >= 0.6 is 0 Å². The summed E-state index contributed by atoms with van der Waals surface area (Å²) in [7, 11) is 0. The van der Waals surface area contributed by atoms with Crippen LogP contribution in [0.1, 0.15) is 18.9 Å². The third-order valence-corrected chi connectivity index (χ3v) is 2.61. The van der Waals surface area contributed by atoms with Gasteiger partial charge in [0.05, 0.1) is 6.20 Å². The number of aromatic amines is 1. The van der Waals surface area contributed by atoms with Crippen molar-refractivity contribution >= 4 is 5.95 Å². The number of ether oxygens (including phenoxy) is 1. The Kier molecular flexibility index (Phi) is 4.78. The summed E-state index contributed by atoms with van der Waals surface area (Å²) in [5.74, 6) is 0.882. The second-order valence-corrected chi connectivity index (χ2v) is 3.95. The van der Waals surface area contributed by atoms with Crippen molar-refractivity contribution < 1.29 is 4.74 Å². The molecular formula is C12H19N5O. The lowest BCUT2D eigenvalue weighted by Gasteiger charge is -2.09. The third kappa shape index (κ3) is 3.59. The zero-order valence-electron chi connectivity index (χ0n) is 10.6. The first kappa shape index (κ1) is 12.6. The van der Waals surface area contributed by atoms with Crippen molar-refractivity contribution in [2.45, 2.75) is 26.4 Å². The molecule has 0 aliphatic rings. The second-order valence-electron chi connectivity index (χ2n) is 3.95. The van der Waals surface area contributed by atoms with Gasteiger partial charge in [-0.2, -0.15) is 5.10 Å². The Balaban J connectivity index is 1.79. The van der Waals surface area contributed by atoms with Gasteiger partial charge < -0.3 is 14.6 Å². The smallest absolute Gasteiger partial charge is 0.203 e. The minimum Gasteiger partial charge on any atom is -0.382 e. The molecule has 0 aliphatic carbocycles. The Morgan fingerprint density at radius 2 is 2.44 bits per heavy atom. The molecule has 0 aliphatic heterocycles. The molecule has 0 fully saturated rings. The van der Waals surface area contributed by atoms with E-state index in [0.717, 1.165) is 44.2 Å². The van der Waals surface area contributed by atoms with E-state index in [4.69, 9.17) is 4.74 Å². The highest BCUT2D eigenvalue weighted by Crippen LogP contribution is 2.07. The average molecular weight is 249 g/mol. The monoisotopic (exact) mass is 249 g/mol. The van der Waals surface area contributed by atoms with Crippen LogP contribution in [0.2, 0.25) is 0 Å². The Bertz CT molecular complexity index is 437. The van der Waals surface area contributed by atoms with Crippen molar-refractivity contribution in [3.05, 3.63) is 30.4 Å². The molecule has 0 saturated carbocycles. The summed E-state index contributed by atoms with van der Waals surface area (Å²) >= 11 is 0. The molecule has 0 bridgehead atoms. The van der Waals surface area contributed by atoms with E-state index in [1.807, 2.05) is 19.3 Å². The number of H-pyrrole nitrogens is 1. The van der Waals surface area contributed by atoms with Crippen molar-refractivity contribution in [3.63, 3.8) is 0 Å². The van der Waals surface area contributed by atoms with Crippen LogP contribution in [0.3, 0.4) is 0 Å². The zero-order chi connectivity index (χ0) is 12.6. The zero-order valence-corrected chi connectivity index (χ0v) is 10.6. The van der Waals surface area contributed by atoms with E-state index in [1.165, 1.54) is 0 Å². The molecule has 98 valence electrons. The number of aromatic nitrogens is 4. The fourth-order valence-corrected chi connectivity index (χ4v) is 1.69. The highest BCUT2D eigenvalue weighted by molar-refractivity contribution is 5.27. The fourth-order valence-electron chi connectivity index (χ4n) is 1.69. The predicted molar refractivity (Wildman–Crippen MR) is 69.3 cm³/mol. The van der Waals surface area contributed by atoms with Gasteiger partial charge in [-0.05, 0) is 13.3 Å². The van der Waals surface area contributed by atoms with Gasteiger partial charge >= 0.3 is 0 Å². The number of anilines is 1. The SMILES string of the molecule is CCOCCCn1ccnc1NCc1cn[nH]c1. The summed E-state index contributed by atoms with van der Waals surface area (Å²) in [6, 6.07) is 0. The Labute approximate surface area is 106 Å². The maximum atomic E-state index is 5.32. The van der Waals surface area contributed by atoms with Gasteiger partial charge in [0, 0.05) is 50.5 Å². The number of hydrogen-bond acceptors (Lipinski definition) is 4. The largest absolute Gasteiger partial charge is 0.382 e. The molecule has 18 heavy (non-hydrogen) atoms. The molecule has 6 heteroatoms. The van der Waals surface area contributed by atoms with Gasteiger partial charge in [0.15, 0.2) is 0 Å². The van der Waals surface area contributed by atoms with E-state index in [2.05, 4.69) is 25.1 Å². The molecule has 0 amide bonds. The molecule has 0 unspecified atom stereocenters. The average Bonchev–Trinajstić information content (AvgIpc) is 3.03. The molecule has 2 N–H and O–H groups in total. The van der Waals surface area contributed by atoms with E-state index in [-0.39, 0.29) is 0 Å². The van der Waals surface area contributed by atoms with Crippen LogP contribution in [-0.2, 0) is 17.8 Å². The highest BCUT2D eigenvalue weighted by atomic mass is 16.5. The number of hydrogen-bond donors (Lipinski definition) is 2.